The normalized spacial score (nSPS) is 11.2. The Labute approximate surface area is 119 Å². The van der Waals surface area contributed by atoms with E-state index in [-0.39, 0.29) is 10.2 Å². The summed E-state index contributed by atoms with van der Waals surface area (Å²) in [5.74, 6) is -2.01. The highest BCUT2D eigenvalue weighted by Gasteiger charge is 2.31. The number of nitrogens with one attached hydrogen (secondary N) is 1. The zero-order valence-corrected chi connectivity index (χ0v) is 11.4. The highest BCUT2D eigenvalue weighted by atomic mass is 79.9. The third-order valence-corrected chi connectivity index (χ3v) is 2.72. The molecule has 2 N–H and O–H groups in total. The summed E-state index contributed by atoms with van der Waals surface area (Å²) in [6.45, 7) is -1.24. The summed E-state index contributed by atoms with van der Waals surface area (Å²) in [5.41, 5.74) is -0.994. The molecule has 0 saturated heterocycles. The number of ether oxygens (including phenoxy) is 1. The van der Waals surface area contributed by atoms with E-state index in [9.17, 15) is 22.8 Å². The minimum atomic E-state index is -4.53. The van der Waals surface area contributed by atoms with Gasteiger partial charge in [-0.3, -0.25) is 4.79 Å². The number of anilines is 1. The van der Waals surface area contributed by atoms with E-state index in [1.807, 2.05) is 0 Å². The molecule has 1 aromatic rings. The van der Waals surface area contributed by atoms with Crippen molar-refractivity contribution in [2.45, 2.75) is 6.18 Å². The first-order valence-electron chi connectivity index (χ1n) is 5.16. The van der Waals surface area contributed by atoms with E-state index in [1.165, 1.54) is 0 Å². The molecule has 1 amide bonds. The Morgan fingerprint density at radius 3 is 2.50 bits per heavy atom. The molecular weight excluding hydrogens is 347 g/mol. The SMILES string of the molecule is O=C(O)COCC(=O)Nc1cc(C(F)(F)F)ccc1Br. The van der Waals surface area contributed by atoms with Crippen LogP contribution >= 0.6 is 15.9 Å². The van der Waals surface area contributed by atoms with Crippen LogP contribution in [0.25, 0.3) is 0 Å². The van der Waals surface area contributed by atoms with Crippen molar-refractivity contribution in [2.75, 3.05) is 18.5 Å². The van der Waals surface area contributed by atoms with Gasteiger partial charge >= 0.3 is 12.1 Å². The summed E-state index contributed by atoms with van der Waals surface area (Å²) < 4.78 is 42.3. The number of alkyl halides is 3. The van der Waals surface area contributed by atoms with Gasteiger partial charge in [0.15, 0.2) is 0 Å². The number of aliphatic carboxylic acids is 1. The Morgan fingerprint density at radius 1 is 1.30 bits per heavy atom. The second-order valence-corrected chi connectivity index (χ2v) is 4.48. The molecule has 0 aliphatic heterocycles. The van der Waals surface area contributed by atoms with Crippen LogP contribution < -0.4 is 5.32 Å². The predicted molar refractivity (Wildman–Crippen MR) is 66.2 cm³/mol. The quantitative estimate of drug-likeness (QED) is 0.850. The van der Waals surface area contributed by atoms with Crippen molar-refractivity contribution in [3.8, 4) is 0 Å². The Hall–Kier alpha value is -1.61. The van der Waals surface area contributed by atoms with Crippen molar-refractivity contribution in [3.05, 3.63) is 28.2 Å². The fourth-order valence-corrected chi connectivity index (χ4v) is 1.56. The van der Waals surface area contributed by atoms with Crippen molar-refractivity contribution in [1.29, 1.82) is 0 Å². The first-order chi connectivity index (χ1) is 9.20. The molecule has 0 fully saturated rings. The Balaban J connectivity index is 2.71. The van der Waals surface area contributed by atoms with Crippen LogP contribution in [0.5, 0.6) is 0 Å². The molecule has 0 spiro atoms. The van der Waals surface area contributed by atoms with E-state index in [2.05, 4.69) is 26.0 Å². The summed E-state index contributed by atoms with van der Waals surface area (Å²) in [6.07, 6.45) is -4.53. The third kappa shape index (κ3) is 5.17. The lowest BCUT2D eigenvalue weighted by Gasteiger charge is -2.11. The molecule has 0 bridgehead atoms. The monoisotopic (exact) mass is 355 g/mol. The highest BCUT2D eigenvalue weighted by Crippen LogP contribution is 2.33. The standard InChI is InChI=1S/C11H9BrF3NO4/c12-7-2-1-6(11(13,14)15)3-8(7)16-9(17)4-20-5-10(18)19/h1-3H,4-5H2,(H,16,17)(H,18,19). The van der Waals surface area contributed by atoms with Crippen molar-refractivity contribution >= 4 is 33.5 Å². The van der Waals surface area contributed by atoms with Gasteiger partial charge in [-0.25, -0.2) is 4.79 Å². The number of rotatable bonds is 5. The van der Waals surface area contributed by atoms with E-state index in [0.717, 1.165) is 18.2 Å². The summed E-state index contributed by atoms with van der Waals surface area (Å²) in [7, 11) is 0. The van der Waals surface area contributed by atoms with Gasteiger partial charge in [0.2, 0.25) is 5.91 Å². The Bertz CT molecular complexity index is 519. The molecule has 0 aromatic heterocycles. The highest BCUT2D eigenvalue weighted by molar-refractivity contribution is 9.10. The van der Waals surface area contributed by atoms with Crippen molar-refractivity contribution in [3.63, 3.8) is 0 Å². The number of hydrogen-bond acceptors (Lipinski definition) is 3. The first-order valence-corrected chi connectivity index (χ1v) is 5.95. The van der Waals surface area contributed by atoms with Gasteiger partial charge in [-0.15, -0.1) is 0 Å². The van der Waals surface area contributed by atoms with Gasteiger partial charge in [0.1, 0.15) is 13.2 Å². The lowest BCUT2D eigenvalue weighted by atomic mass is 10.2. The number of carbonyl (C=O) groups excluding carboxylic acids is 1. The Morgan fingerprint density at radius 2 is 1.95 bits per heavy atom. The van der Waals surface area contributed by atoms with E-state index in [0.29, 0.717) is 0 Å². The second-order valence-electron chi connectivity index (χ2n) is 3.63. The lowest BCUT2D eigenvalue weighted by molar-refractivity contribution is -0.143. The molecule has 9 heteroatoms. The second kappa shape index (κ2) is 6.71. The molecule has 0 saturated carbocycles. The van der Waals surface area contributed by atoms with Crippen LogP contribution in [0.4, 0.5) is 18.9 Å². The van der Waals surface area contributed by atoms with Crippen LogP contribution in [0.1, 0.15) is 5.56 Å². The van der Waals surface area contributed by atoms with Gasteiger partial charge in [0, 0.05) is 4.47 Å². The maximum atomic E-state index is 12.5. The molecule has 0 atom stereocenters. The molecule has 5 nitrogen and oxygen atoms in total. The fourth-order valence-electron chi connectivity index (χ4n) is 1.21. The Kier molecular flexibility index (Phi) is 5.52. The smallest absolute Gasteiger partial charge is 0.416 e. The number of halogens is 4. The van der Waals surface area contributed by atoms with E-state index in [4.69, 9.17) is 5.11 Å². The van der Waals surface area contributed by atoms with Gasteiger partial charge in [-0.05, 0) is 34.1 Å². The maximum absolute atomic E-state index is 12.5. The average molecular weight is 356 g/mol. The van der Waals surface area contributed by atoms with Gasteiger partial charge in [-0.2, -0.15) is 13.2 Å². The van der Waals surface area contributed by atoms with E-state index >= 15 is 0 Å². The van der Waals surface area contributed by atoms with Crippen LogP contribution in [0.15, 0.2) is 22.7 Å². The number of benzene rings is 1. The van der Waals surface area contributed by atoms with Gasteiger partial charge in [0.05, 0.1) is 11.3 Å². The topological polar surface area (TPSA) is 75.6 Å². The predicted octanol–water partition coefficient (Wildman–Crippen LogP) is 2.51. The van der Waals surface area contributed by atoms with Gasteiger partial charge in [0.25, 0.3) is 0 Å². The number of hydrogen-bond donors (Lipinski definition) is 2. The van der Waals surface area contributed by atoms with E-state index in [1.54, 1.807) is 0 Å². The summed E-state index contributed by atoms with van der Waals surface area (Å²) in [5, 5.41) is 10.5. The van der Waals surface area contributed by atoms with Crippen LogP contribution in [0.2, 0.25) is 0 Å². The zero-order chi connectivity index (χ0) is 15.3. The largest absolute Gasteiger partial charge is 0.480 e. The molecule has 0 heterocycles. The van der Waals surface area contributed by atoms with Gasteiger partial charge < -0.3 is 15.2 Å². The molecule has 0 unspecified atom stereocenters. The maximum Gasteiger partial charge on any atom is 0.416 e. The number of carboxylic acids is 1. The molecule has 110 valence electrons. The average Bonchev–Trinajstić information content (AvgIpc) is 2.30. The molecule has 0 aliphatic carbocycles. The number of amides is 1. The number of carboxylic acid groups (broad SMARTS) is 1. The molecular formula is C11H9BrF3NO4. The van der Waals surface area contributed by atoms with E-state index < -0.39 is 36.8 Å². The van der Waals surface area contributed by atoms with Crippen LogP contribution in [0.3, 0.4) is 0 Å². The molecule has 20 heavy (non-hydrogen) atoms. The van der Waals surface area contributed by atoms with Crippen LogP contribution in [0, 0.1) is 0 Å². The fraction of sp³-hybridized carbons (Fsp3) is 0.273. The van der Waals surface area contributed by atoms with Crippen molar-refractivity contribution in [1.82, 2.24) is 0 Å². The number of carbonyl (C=O) groups is 2. The molecule has 1 aromatic carbocycles. The van der Waals surface area contributed by atoms with Crippen molar-refractivity contribution < 1.29 is 32.6 Å². The third-order valence-electron chi connectivity index (χ3n) is 2.03. The summed E-state index contributed by atoms with van der Waals surface area (Å²) in [4.78, 5) is 21.5. The van der Waals surface area contributed by atoms with Gasteiger partial charge in [-0.1, -0.05) is 0 Å². The first kappa shape index (κ1) is 16.4. The zero-order valence-electron chi connectivity index (χ0n) is 9.83. The molecule has 0 radical (unpaired) electrons. The molecule has 0 aliphatic rings. The van der Waals surface area contributed by atoms with Crippen molar-refractivity contribution in [2.24, 2.45) is 0 Å². The molecule has 1 rings (SSSR count). The lowest BCUT2D eigenvalue weighted by Crippen LogP contribution is -2.21. The minimum Gasteiger partial charge on any atom is -0.480 e. The summed E-state index contributed by atoms with van der Waals surface area (Å²) in [6, 6.07) is 2.77. The van der Waals surface area contributed by atoms with Crippen LogP contribution in [-0.4, -0.2) is 30.2 Å². The minimum absolute atomic E-state index is 0.0799. The van der Waals surface area contributed by atoms with Crippen LogP contribution in [-0.2, 0) is 20.5 Å². The summed E-state index contributed by atoms with van der Waals surface area (Å²) >= 11 is 3.00.